The van der Waals surface area contributed by atoms with Crippen LogP contribution in [0.15, 0.2) is 36.4 Å². The van der Waals surface area contributed by atoms with E-state index in [2.05, 4.69) is 5.32 Å². The van der Waals surface area contributed by atoms with Gasteiger partial charge in [-0.15, -0.1) is 0 Å². The average Bonchev–Trinajstić information content (AvgIpc) is 2.62. The van der Waals surface area contributed by atoms with E-state index in [0.29, 0.717) is 22.4 Å². The van der Waals surface area contributed by atoms with Crippen LogP contribution in [0.25, 0.3) is 0 Å². The SMILES string of the molecule is COc1ccc(C(C)=O)cc1CC(=O)NC(C(=O)O)c1cccc(C)c1C. The monoisotopic (exact) mass is 369 g/mol. The number of carbonyl (C=O) groups is 3. The predicted molar refractivity (Wildman–Crippen MR) is 101 cm³/mol. The number of benzene rings is 2. The summed E-state index contributed by atoms with van der Waals surface area (Å²) < 4.78 is 5.25. The van der Waals surface area contributed by atoms with E-state index in [1.54, 1.807) is 30.3 Å². The molecular weight excluding hydrogens is 346 g/mol. The van der Waals surface area contributed by atoms with Crippen LogP contribution in [-0.4, -0.2) is 29.9 Å². The molecule has 0 aliphatic rings. The number of aliphatic carboxylic acids is 1. The van der Waals surface area contributed by atoms with Crippen LogP contribution in [0.4, 0.5) is 0 Å². The summed E-state index contributed by atoms with van der Waals surface area (Å²) in [5.74, 6) is -1.27. The fourth-order valence-corrected chi connectivity index (χ4v) is 2.88. The zero-order valence-corrected chi connectivity index (χ0v) is 15.8. The second-order valence-corrected chi connectivity index (χ2v) is 6.39. The van der Waals surface area contributed by atoms with Gasteiger partial charge in [0.15, 0.2) is 11.8 Å². The topological polar surface area (TPSA) is 92.7 Å². The summed E-state index contributed by atoms with van der Waals surface area (Å²) in [4.78, 5) is 35.9. The summed E-state index contributed by atoms with van der Waals surface area (Å²) >= 11 is 0. The average molecular weight is 369 g/mol. The summed E-state index contributed by atoms with van der Waals surface area (Å²) in [5, 5.41) is 12.2. The van der Waals surface area contributed by atoms with Crippen LogP contribution in [0.2, 0.25) is 0 Å². The number of carboxylic acids is 1. The van der Waals surface area contributed by atoms with Crippen molar-refractivity contribution >= 4 is 17.7 Å². The molecule has 0 aromatic heterocycles. The molecular formula is C21H23NO5. The minimum Gasteiger partial charge on any atom is -0.496 e. The van der Waals surface area contributed by atoms with Crippen molar-refractivity contribution in [3.63, 3.8) is 0 Å². The lowest BCUT2D eigenvalue weighted by molar-refractivity contribution is -0.142. The molecule has 0 aliphatic heterocycles. The Balaban J connectivity index is 2.27. The number of rotatable bonds is 7. The van der Waals surface area contributed by atoms with Gasteiger partial charge in [0.1, 0.15) is 5.75 Å². The summed E-state index contributed by atoms with van der Waals surface area (Å²) in [6.07, 6.45) is -0.0983. The first-order valence-electron chi connectivity index (χ1n) is 8.50. The molecule has 6 nitrogen and oxygen atoms in total. The standard InChI is InChI=1S/C21H23NO5/c1-12-6-5-7-17(13(12)2)20(21(25)26)22-19(24)11-16-10-15(14(3)23)8-9-18(16)27-4/h5-10,20H,11H2,1-4H3,(H,22,24)(H,25,26). The maximum absolute atomic E-state index is 12.5. The van der Waals surface area contributed by atoms with E-state index in [4.69, 9.17) is 4.74 Å². The van der Waals surface area contributed by atoms with Crippen LogP contribution in [0.5, 0.6) is 5.75 Å². The lowest BCUT2D eigenvalue weighted by Crippen LogP contribution is -2.35. The van der Waals surface area contributed by atoms with Crippen LogP contribution < -0.4 is 10.1 Å². The quantitative estimate of drug-likeness (QED) is 0.732. The predicted octanol–water partition coefficient (Wildman–Crippen LogP) is 3.00. The van der Waals surface area contributed by atoms with Gasteiger partial charge >= 0.3 is 5.97 Å². The number of aryl methyl sites for hydroxylation is 1. The van der Waals surface area contributed by atoms with Gasteiger partial charge in [0.05, 0.1) is 13.5 Å². The van der Waals surface area contributed by atoms with Gasteiger partial charge in [-0.3, -0.25) is 9.59 Å². The molecule has 142 valence electrons. The molecule has 0 saturated carbocycles. The molecule has 2 aromatic carbocycles. The maximum Gasteiger partial charge on any atom is 0.330 e. The van der Waals surface area contributed by atoms with Crippen molar-refractivity contribution in [2.75, 3.05) is 7.11 Å². The van der Waals surface area contributed by atoms with Gasteiger partial charge in [-0.2, -0.15) is 0 Å². The molecule has 0 bridgehead atoms. The highest BCUT2D eigenvalue weighted by Gasteiger charge is 2.24. The number of Topliss-reactive ketones (excluding diaryl/α,β-unsaturated/α-hetero) is 1. The molecule has 0 spiro atoms. The van der Waals surface area contributed by atoms with Crippen molar-refractivity contribution < 1.29 is 24.2 Å². The van der Waals surface area contributed by atoms with E-state index < -0.39 is 17.9 Å². The lowest BCUT2D eigenvalue weighted by Gasteiger charge is -2.19. The van der Waals surface area contributed by atoms with Crippen molar-refractivity contribution in [1.82, 2.24) is 5.32 Å². The van der Waals surface area contributed by atoms with Gasteiger partial charge in [0.2, 0.25) is 5.91 Å². The molecule has 1 amide bonds. The first-order chi connectivity index (χ1) is 12.7. The minimum absolute atomic E-state index is 0.0983. The number of carbonyl (C=O) groups excluding carboxylic acids is 2. The van der Waals surface area contributed by atoms with E-state index in [1.807, 2.05) is 19.9 Å². The third-order valence-electron chi connectivity index (χ3n) is 4.55. The van der Waals surface area contributed by atoms with Crippen LogP contribution in [0, 0.1) is 13.8 Å². The second kappa shape index (κ2) is 8.49. The van der Waals surface area contributed by atoms with Crippen LogP contribution in [0.1, 0.15) is 45.6 Å². The highest BCUT2D eigenvalue weighted by molar-refractivity contribution is 5.95. The Morgan fingerprint density at radius 3 is 2.44 bits per heavy atom. The fourth-order valence-electron chi connectivity index (χ4n) is 2.88. The molecule has 6 heteroatoms. The third kappa shape index (κ3) is 4.73. The van der Waals surface area contributed by atoms with Gasteiger partial charge < -0.3 is 15.2 Å². The summed E-state index contributed by atoms with van der Waals surface area (Å²) in [6, 6.07) is 9.03. The van der Waals surface area contributed by atoms with Crippen molar-refractivity contribution in [3.8, 4) is 5.75 Å². The Bertz CT molecular complexity index is 888. The highest BCUT2D eigenvalue weighted by Crippen LogP contribution is 2.23. The van der Waals surface area contributed by atoms with E-state index in [1.165, 1.54) is 14.0 Å². The number of amides is 1. The minimum atomic E-state index is -1.15. The molecule has 2 aromatic rings. The summed E-state index contributed by atoms with van der Waals surface area (Å²) in [7, 11) is 1.47. The van der Waals surface area contributed by atoms with Crippen molar-refractivity contribution in [2.24, 2.45) is 0 Å². The van der Waals surface area contributed by atoms with Gasteiger partial charge in [-0.1, -0.05) is 18.2 Å². The van der Waals surface area contributed by atoms with E-state index in [9.17, 15) is 19.5 Å². The van der Waals surface area contributed by atoms with E-state index in [-0.39, 0.29) is 12.2 Å². The van der Waals surface area contributed by atoms with Gasteiger partial charge in [-0.25, -0.2) is 4.79 Å². The number of hydrogen-bond acceptors (Lipinski definition) is 4. The Kier molecular flexibility index (Phi) is 6.34. The van der Waals surface area contributed by atoms with Crippen molar-refractivity contribution in [3.05, 3.63) is 64.2 Å². The zero-order valence-electron chi connectivity index (χ0n) is 15.8. The Hall–Kier alpha value is -3.15. The molecule has 0 radical (unpaired) electrons. The Labute approximate surface area is 158 Å². The zero-order chi connectivity index (χ0) is 20.1. The maximum atomic E-state index is 12.5. The van der Waals surface area contributed by atoms with E-state index in [0.717, 1.165) is 11.1 Å². The first-order valence-corrected chi connectivity index (χ1v) is 8.50. The molecule has 2 N–H and O–H groups in total. The molecule has 1 atom stereocenters. The van der Waals surface area contributed by atoms with E-state index >= 15 is 0 Å². The molecule has 27 heavy (non-hydrogen) atoms. The van der Waals surface area contributed by atoms with Crippen molar-refractivity contribution in [1.29, 1.82) is 0 Å². The number of ketones is 1. The molecule has 2 rings (SSSR count). The third-order valence-corrected chi connectivity index (χ3v) is 4.55. The number of nitrogens with one attached hydrogen (secondary N) is 1. The Morgan fingerprint density at radius 2 is 1.85 bits per heavy atom. The van der Waals surface area contributed by atoms with Crippen LogP contribution in [0.3, 0.4) is 0 Å². The second-order valence-electron chi connectivity index (χ2n) is 6.39. The first kappa shape index (κ1) is 20.2. The lowest BCUT2D eigenvalue weighted by atomic mass is 9.97. The smallest absolute Gasteiger partial charge is 0.330 e. The number of ether oxygens (including phenoxy) is 1. The number of methoxy groups -OCH3 is 1. The van der Waals surface area contributed by atoms with Crippen LogP contribution >= 0.6 is 0 Å². The van der Waals surface area contributed by atoms with Gasteiger partial charge in [-0.05, 0) is 55.7 Å². The van der Waals surface area contributed by atoms with Gasteiger partial charge in [0, 0.05) is 11.1 Å². The molecule has 0 fully saturated rings. The molecule has 1 unspecified atom stereocenters. The normalized spacial score (nSPS) is 11.6. The van der Waals surface area contributed by atoms with Crippen molar-refractivity contribution in [2.45, 2.75) is 33.2 Å². The number of hydrogen-bond donors (Lipinski definition) is 2. The Morgan fingerprint density at radius 1 is 1.15 bits per heavy atom. The fraction of sp³-hybridized carbons (Fsp3) is 0.286. The molecule has 0 aliphatic carbocycles. The van der Waals surface area contributed by atoms with Gasteiger partial charge in [0.25, 0.3) is 0 Å². The van der Waals surface area contributed by atoms with Crippen LogP contribution in [-0.2, 0) is 16.0 Å². The molecule has 0 heterocycles. The summed E-state index contributed by atoms with van der Waals surface area (Å²) in [6.45, 7) is 5.15. The summed E-state index contributed by atoms with van der Waals surface area (Å²) in [5.41, 5.74) is 3.29. The number of carboxylic acid groups (broad SMARTS) is 1. The highest BCUT2D eigenvalue weighted by atomic mass is 16.5. The molecule has 0 saturated heterocycles. The largest absolute Gasteiger partial charge is 0.496 e.